The molecule has 0 aromatic heterocycles. The maximum Gasteiger partial charge on any atom is 0.191 e. The second-order valence-corrected chi connectivity index (χ2v) is 4.52. The summed E-state index contributed by atoms with van der Waals surface area (Å²) in [5.74, 6) is 1.48. The van der Waals surface area contributed by atoms with Gasteiger partial charge in [-0.25, -0.2) is 0 Å². The molecule has 0 spiro atoms. The molecular formula is C11H23N3. The molecule has 2 atom stereocenters. The molecule has 0 amide bonds. The first-order valence-electron chi connectivity index (χ1n) is 5.66. The minimum Gasteiger partial charge on any atom is -0.370 e. The zero-order chi connectivity index (χ0) is 10.7. The third-order valence-electron chi connectivity index (χ3n) is 2.99. The van der Waals surface area contributed by atoms with Crippen molar-refractivity contribution in [2.45, 2.75) is 52.6 Å². The molecule has 82 valence electrons. The Kier molecular flexibility index (Phi) is 3.78. The van der Waals surface area contributed by atoms with E-state index < -0.39 is 0 Å². The number of aliphatic imine (C=N–C) groups is 1. The van der Waals surface area contributed by atoms with E-state index in [1.165, 1.54) is 6.42 Å². The number of nitrogens with two attached hydrogens (primary N) is 1. The van der Waals surface area contributed by atoms with Gasteiger partial charge in [-0.15, -0.1) is 0 Å². The number of guanidine groups is 1. The van der Waals surface area contributed by atoms with Gasteiger partial charge < -0.3 is 10.6 Å². The zero-order valence-electron chi connectivity index (χ0n) is 9.83. The predicted molar refractivity (Wildman–Crippen MR) is 61.3 cm³/mol. The summed E-state index contributed by atoms with van der Waals surface area (Å²) in [5, 5.41) is 0. The van der Waals surface area contributed by atoms with Gasteiger partial charge in [-0.05, 0) is 32.6 Å². The largest absolute Gasteiger partial charge is 0.370 e. The second-order valence-electron chi connectivity index (χ2n) is 4.52. The Balaban J connectivity index is 2.68. The molecule has 1 fully saturated rings. The van der Waals surface area contributed by atoms with Gasteiger partial charge in [0.15, 0.2) is 5.96 Å². The van der Waals surface area contributed by atoms with Crippen LogP contribution in [0.4, 0.5) is 0 Å². The van der Waals surface area contributed by atoms with Gasteiger partial charge in [0.1, 0.15) is 0 Å². The second kappa shape index (κ2) is 4.67. The molecule has 1 saturated heterocycles. The lowest BCUT2D eigenvalue weighted by molar-refractivity contribution is 0.330. The summed E-state index contributed by atoms with van der Waals surface area (Å²) in [5.41, 5.74) is 5.98. The highest BCUT2D eigenvalue weighted by Gasteiger charge is 2.30. The SMILES string of the molecule is CCC1C(C)CCN1C(N)=NC(C)C. The first kappa shape index (κ1) is 11.3. The Morgan fingerprint density at radius 1 is 1.57 bits per heavy atom. The van der Waals surface area contributed by atoms with Crippen LogP contribution < -0.4 is 5.73 Å². The van der Waals surface area contributed by atoms with Crippen LogP contribution in [0.1, 0.15) is 40.5 Å². The molecule has 1 aliphatic heterocycles. The van der Waals surface area contributed by atoms with E-state index in [4.69, 9.17) is 5.73 Å². The van der Waals surface area contributed by atoms with Crippen molar-refractivity contribution in [2.24, 2.45) is 16.6 Å². The van der Waals surface area contributed by atoms with Crippen LogP contribution >= 0.6 is 0 Å². The lowest BCUT2D eigenvalue weighted by Crippen LogP contribution is -2.42. The Bertz CT molecular complexity index is 211. The van der Waals surface area contributed by atoms with Crippen LogP contribution in [-0.4, -0.2) is 29.5 Å². The van der Waals surface area contributed by atoms with Crippen molar-refractivity contribution in [3.63, 3.8) is 0 Å². The lowest BCUT2D eigenvalue weighted by Gasteiger charge is -2.27. The van der Waals surface area contributed by atoms with Crippen molar-refractivity contribution < 1.29 is 0 Å². The summed E-state index contributed by atoms with van der Waals surface area (Å²) in [6.45, 7) is 9.72. The van der Waals surface area contributed by atoms with E-state index in [0.717, 1.165) is 24.8 Å². The summed E-state index contributed by atoms with van der Waals surface area (Å²) >= 11 is 0. The van der Waals surface area contributed by atoms with E-state index >= 15 is 0 Å². The summed E-state index contributed by atoms with van der Waals surface area (Å²) in [6, 6.07) is 0.890. The van der Waals surface area contributed by atoms with Gasteiger partial charge in [-0.1, -0.05) is 13.8 Å². The minimum absolute atomic E-state index is 0.295. The first-order valence-corrected chi connectivity index (χ1v) is 5.66. The Labute approximate surface area is 87.4 Å². The summed E-state index contributed by atoms with van der Waals surface area (Å²) in [4.78, 5) is 6.68. The Hall–Kier alpha value is -0.730. The fourth-order valence-electron chi connectivity index (χ4n) is 2.25. The molecule has 0 radical (unpaired) electrons. The molecule has 1 rings (SSSR count). The van der Waals surface area contributed by atoms with Crippen molar-refractivity contribution in [2.75, 3.05) is 6.54 Å². The molecule has 0 aromatic rings. The fraction of sp³-hybridized carbons (Fsp3) is 0.909. The van der Waals surface area contributed by atoms with Crippen LogP contribution in [0.15, 0.2) is 4.99 Å². The van der Waals surface area contributed by atoms with Crippen molar-refractivity contribution in [3.05, 3.63) is 0 Å². The molecule has 1 heterocycles. The van der Waals surface area contributed by atoms with E-state index in [1.54, 1.807) is 0 Å². The maximum absolute atomic E-state index is 5.98. The number of rotatable bonds is 2. The standard InChI is InChI=1S/C11H23N3/c1-5-10-9(4)6-7-14(10)11(12)13-8(2)3/h8-10H,5-7H2,1-4H3,(H2,12,13). The van der Waals surface area contributed by atoms with Crippen molar-refractivity contribution in [1.29, 1.82) is 0 Å². The normalized spacial score (nSPS) is 28.9. The van der Waals surface area contributed by atoms with Gasteiger partial charge in [-0.3, -0.25) is 4.99 Å². The van der Waals surface area contributed by atoms with Crippen molar-refractivity contribution in [3.8, 4) is 0 Å². The quantitative estimate of drug-likeness (QED) is 0.542. The Morgan fingerprint density at radius 3 is 2.71 bits per heavy atom. The number of hydrogen-bond acceptors (Lipinski definition) is 1. The van der Waals surface area contributed by atoms with Gasteiger partial charge in [0.05, 0.1) is 0 Å². The van der Waals surface area contributed by atoms with Gasteiger partial charge in [0, 0.05) is 18.6 Å². The van der Waals surface area contributed by atoms with E-state index in [0.29, 0.717) is 12.1 Å². The topological polar surface area (TPSA) is 41.6 Å². The average molecular weight is 197 g/mol. The van der Waals surface area contributed by atoms with Gasteiger partial charge in [-0.2, -0.15) is 0 Å². The number of nitrogens with zero attached hydrogens (tertiary/aromatic N) is 2. The molecule has 0 bridgehead atoms. The van der Waals surface area contributed by atoms with Crippen molar-refractivity contribution in [1.82, 2.24) is 4.90 Å². The molecule has 3 nitrogen and oxygen atoms in total. The van der Waals surface area contributed by atoms with Crippen LogP contribution in [0.5, 0.6) is 0 Å². The predicted octanol–water partition coefficient (Wildman–Crippen LogP) is 1.83. The molecule has 2 N–H and O–H groups in total. The smallest absolute Gasteiger partial charge is 0.191 e. The van der Waals surface area contributed by atoms with E-state index in [9.17, 15) is 0 Å². The van der Waals surface area contributed by atoms with Crippen LogP contribution in [0.2, 0.25) is 0 Å². The summed E-state index contributed by atoms with van der Waals surface area (Å²) in [7, 11) is 0. The van der Waals surface area contributed by atoms with E-state index in [1.807, 2.05) is 0 Å². The van der Waals surface area contributed by atoms with Gasteiger partial charge in [0.25, 0.3) is 0 Å². The number of hydrogen-bond donors (Lipinski definition) is 1. The molecule has 2 unspecified atom stereocenters. The molecule has 14 heavy (non-hydrogen) atoms. The van der Waals surface area contributed by atoms with Crippen molar-refractivity contribution >= 4 is 5.96 Å². The van der Waals surface area contributed by atoms with Crippen LogP contribution in [-0.2, 0) is 0 Å². The highest BCUT2D eigenvalue weighted by atomic mass is 15.3. The van der Waals surface area contributed by atoms with Gasteiger partial charge >= 0.3 is 0 Å². The lowest BCUT2D eigenvalue weighted by atomic mass is 10.0. The molecule has 0 aliphatic carbocycles. The minimum atomic E-state index is 0.295. The summed E-state index contributed by atoms with van der Waals surface area (Å²) in [6.07, 6.45) is 2.41. The zero-order valence-corrected chi connectivity index (χ0v) is 9.83. The average Bonchev–Trinajstić information content (AvgIpc) is 2.45. The molecule has 0 aromatic carbocycles. The third-order valence-corrected chi connectivity index (χ3v) is 2.99. The molecule has 1 aliphatic rings. The van der Waals surface area contributed by atoms with Crippen LogP contribution in [0, 0.1) is 5.92 Å². The Morgan fingerprint density at radius 2 is 2.21 bits per heavy atom. The fourth-order valence-corrected chi connectivity index (χ4v) is 2.25. The van der Waals surface area contributed by atoms with E-state index in [-0.39, 0.29) is 0 Å². The van der Waals surface area contributed by atoms with Crippen LogP contribution in [0.25, 0.3) is 0 Å². The molecule has 0 saturated carbocycles. The van der Waals surface area contributed by atoms with E-state index in [2.05, 4.69) is 37.6 Å². The third kappa shape index (κ3) is 2.40. The summed E-state index contributed by atoms with van der Waals surface area (Å²) < 4.78 is 0. The van der Waals surface area contributed by atoms with Crippen LogP contribution in [0.3, 0.4) is 0 Å². The monoisotopic (exact) mass is 197 g/mol. The molecule has 3 heteroatoms. The van der Waals surface area contributed by atoms with Gasteiger partial charge in [0.2, 0.25) is 0 Å². The number of likely N-dealkylation sites (tertiary alicyclic amines) is 1. The highest BCUT2D eigenvalue weighted by Crippen LogP contribution is 2.25. The molecular weight excluding hydrogens is 174 g/mol. The first-order chi connectivity index (χ1) is 6.56. The highest BCUT2D eigenvalue weighted by molar-refractivity contribution is 5.78. The maximum atomic E-state index is 5.98.